The molecule has 0 aromatic heterocycles. The topological polar surface area (TPSA) is 63.2 Å². The van der Waals surface area contributed by atoms with Gasteiger partial charge in [0.25, 0.3) is 0 Å². The summed E-state index contributed by atoms with van der Waals surface area (Å²) in [5.74, 6) is -0.457. The fourth-order valence-electron chi connectivity index (χ4n) is 1.19. The molecule has 0 bridgehead atoms. The van der Waals surface area contributed by atoms with Gasteiger partial charge in [-0.05, 0) is 6.92 Å². The van der Waals surface area contributed by atoms with E-state index in [9.17, 15) is 4.79 Å². The highest BCUT2D eigenvalue weighted by atomic mass is 16.6. The molecule has 6 heteroatoms. The lowest BCUT2D eigenvalue weighted by Crippen LogP contribution is -2.29. The minimum atomic E-state index is -0.457. The van der Waals surface area contributed by atoms with Crippen LogP contribution in [-0.2, 0) is 28.5 Å². The van der Waals surface area contributed by atoms with Gasteiger partial charge < -0.3 is 23.7 Å². The Bertz CT molecular complexity index is 326. The summed E-state index contributed by atoms with van der Waals surface area (Å²) >= 11 is 0. The summed E-state index contributed by atoms with van der Waals surface area (Å²) in [6.45, 7) is 13.8. The van der Waals surface area contributed by atoms with Crippen LogP contribution in [-0.4, -0.2) is 51.7 Å². The van der Waals surface area contributed by atoms with Crippen LogP contribution in [0, 0.1) is 0 Å². The summed E-state index contributed by atoms with van der Waals surface area (Å²) in [5.41, 5.74) is 0.337. The summed E-state index contributed by atoms with van der Waals surface area (Å²) in [6, 6.07) is 0. The van der Waals surface area contributed by atoms with Crippen molar-refractivity contribution in [1.29, 1.82) is 0 Å². The minimum absolute atomic E-state index is 0.0854. The molecule has 0 aliphatic heterocycles. The molecule has 0 saturated carbocycles. The van der Waals surface area contributed by atoms with Crippen LogP contribution in [0.15, 0.2) is 37.8 Å². The summed E-state index contributed by atoms with van der Waals surface area (Å²) in [5, 5.41) is 0. The average molecular weight is 300 g/mol. The van der Waals surface area contributed by atoms with Crippen molar-refractivity contribution in [1.82, 2.24) is 0 Å². The van der Waals surface area contributed by atoms with Crippen LogP contribution in [0.5, 0.6) is 0 Å². The zero-order valence-corrected chi connectivity index (χ0v) is 12.5. The van der Waals surface area contributed by atoms with Gasteiger partial charge in [-0.2, -0.15) is 0 Å². The first-order valence-electron chi connectivity index (χ1n) is 6.58. The molecule has 0 spiro atoms. The van der Waals surface area contributed by atoms with Gasteiger partial charge in [0.1, 0.15) is 25.9 Å². The molecule has 0 amide bonds. The largest absolute Gasteiger partial charge is 0.499 e. The smallest absolute Gasteiger partial charge is 0.333 e. The SMILES string of the molecule is C=COCCOCC(COC(=O)C(=C)C)OCCOC=C. The van der Waals surface area contributed by atoms with Gasteiger partial charge in [0.05, 0.1) is 32.3 Å². The van der Waals surface area contributed by atoms with Crippen LogP contribution < -0.4 is 0 Å². The van der Waals surface area contributed by atoms with Gasteiger partial charge in [-0.25, -0.2) is 4.79 Å². The second-order valence-corrected chi connectivity index (χ2v) is 4.02. The molecule has 0 N–H and O–H groups in total. The number of ether oxygens (including phenoxy) is 5. The van der Waals surface area contributed by atoms with Crippen molar-refractivity contribution in [3.05, 3.63) is 37.8 Å². The Morgan fingerprint density at radius 3 is 2.24 bits per heavy atom. The Balaban J connectivity index is 4.00. The molecule has 1 unspecified atom stereocenters. The summed E-state index contributed by atoms with van der Waals surface area (Å²) in [7, 11) is 0. The normalized spacial score (nSPS) is 11.3. The van der Waals surface area contributed by atoms with Crippen LogP contribution in [0.2, 0.25) is 0 Å². The lowest BCUT2D eigenvalue weighted by molar-refractivity contribution is -0.145. The number of hydrogen-bond acceptors (Lipinski definition) is 6. The van der Waals surface area contributed by atoms with E-state index in [0.717, 1.165) is 0 Å². The molecule has 0 aliphatic carbocycles. The maximum Gasteiger partial charge on any atom is 0.333 e. The second kappa shape index (κ2) is 13.2. The van der Waals surface area contributed by atoms with E-state index in [-0.39, 0.29) is 19.3 Å². The quantitative estimate of drug-likeness (QED) is 0.211. The first-order valence-corrected chi connectivity index (χ1v) is 6.58. The molecule has 0 aromatic rings. The Kier molecular flexibility index (Phi) is 12.1. The standard InChI is InChI=1S/C15H24O6/c1-5-17-7-8-19-11-14(20-10-9-18-6-2)12-21-15(16)13(3)4/h5-6,14H,1-3,7-12H2,4H3. The first-order chi connectivity index (χ1) is 10.1. The molecule has 21 heavy (non-hydrogen) atoms. The van der Waals surface area contributed by atoms with Crippen molar-refractivity contribution >= 4 is 5.97 Å². The summed E-state index contributed by atoms with van der Waals surface area (Å²) in [6.07, 6.45) is 2.30. The molecular weight excluding hydrogens is 276 g/mol. The monoisotopic (exact) mass is 300 g/mol. The molecule has 0 aromatic carbocycles. The van der Waals surface area contributed by atoms with Gasteiger partial charge in [-0.3, -0.25) is 0 Å². The summed E-state index contributed by atoms with van der Waals surface area (Å²) in [4.78, 5) is 11.4. The fourth-order valence-corrected chi connectivity index (χ4v) is 1.19. The van der Waals surface area contributed by atoms with E-state index in [2.05, 4.69) is 19.7 Å². The van der Waals surface area contributed by atoms with Crippen LogP contribution in [0.3, 0.4) is 0 Å². The van der Waals surface area contributed by atoms with Crippen molar-refractivity contribution in [2.24, 2.45) is 0 Å². The van der Waals surface area contributed by atoms with Crippen molar-refractivity contribution < 1.29 is 28.5 Å². The lowest BCUT2D eigenvalue weighted by Gasteiger charge is -2.18. The van der Waals surface area contributed by atoms with E-state index in [1.807, 2.05) is 0 Å². The third kappa shape index (κ3) is 11.7. The molecule has 0 heterocycles. The van der Waals surface area contributed by atoms with Crippen LogP contribution in [0.1, 0.15) is 6.92 Å². The third-order valence-electron chi connectivity index (χ3n) is 2.19. The highest BCUT2D eigenvalue weighted by Crippen LogP contribution is 2.00. The number of carbonyl (C=O) groups is 1. The van der Waals surface area contributed by atoms with E-state index in [1.165, 1.54) is 12.5 Å². The molecule has 0 rings (SSSR count). The number of esters is 1. The Morgan fingerprint density at radius 1 is 1.05 bits per heavy atom. The highest BCUT2D eigenvalue weighted by Gasteiger charge is 2.13. The summed E-state index contributed by atoms with van der Waals surface area (Å²) < 4.78 is 25.8. The predicted octanol–water partition coefficient (Wildman–Crippen LogP) is 1.83. The molecule has 120 valence electrons. The molecule has 0 radical (unpaired) electrons. The van der Waals surface area contributed by atoms with E-state index in [0.29, 0.717) is 32.0 Å². The Labute approximate surface area is 126 Å². The molecular formula is C15H24O6. The van der Waals surface area contributed by atoms with E-state index >= 15 is 0 Å². The van der Waals surface area contributed by atoms with Gasteiger partial charge in [0, 0.05) is 5.57 Å². The van der Waals surface area contributed by atoms with Crippen molar-refractivity contribution in [3.63, 3.8) is 0 Å². The zero-order valence-electron chi connectivity index (χ0n) is 12.5. The number of rotatable bonds is 14. The van der Waals surface area contributed by atoms with Crippen molar-refractivity contribution in [2.45, 2.75) is 13.0 Å². The minimum Gasteiger partial charge on any atom is -0.499 e. The van der Waals surface area contributed by atoms with Gasteiger partial charge in [0.15, 0.2) is 0 Å². The van der Waals surface area contributed by atoms with Gasteiger partial charge in [-0.15, -0.1) is 0 Å². The molecule has 0 saturated heterocycles. The molecule has 1 atom stereocenters. The van der Waals surface area contributed by atoms with Crippen molar-refractivity contribution in [2.75, 3.05) is 39.6 Å². The fraction of sp³-hybridized carbons (Fsp3) is 0.533. The molecule has 0 aliphatic rings. The van der Waals surface area contributed by atoms with E-state index < -0.39 is 5.97 Å². The number of carbonyl (C=O) groups excluding carboxylic acids is 1. The van der Waals surface area contributed by atoms with Crippen LogP contribution in [0.25, 0.3) is 0 Å². The maximum absolute atomic E-state index is 11.4. The molecule has 6 nitrogen and oxygen atoms in total. The maximum atomic E-state index is 11.4. The van der Waals surface area contributed by atoms with E-state index in [1.54, 1.807) is 6.92 Å². The third-order valence-corrected chi connectivity index (χ3v) is 2.19. The lowest BCUT2D eigenvalue weighted by atomic mass is 10.3. The highest BCUT2D eigenvalue weighted by molar-refractivity contribution is 5.86. The second-order valence-electron chi connectivity index (χ2n) is 4.02. The van der Waals surface area contributed by atoms with Crippen LogP contribution >= 0.6 is 0 Å². The average Bonchev–Trinajstić information content (AvgIpc) is 2.47. The number of hydrogen-bond donors (Lipinski definition) is 0. The van der Waals surface area contributed by atoms with Crippen molar-refractivity contribution in [3.8, 4) is 0 Å². The first kappa shape index (κ1) is 19.2. The zero-order chi connectivity index (χ0) is 15.9. The van der Waals surface area contributed by atoms with Gasteiger partial charge in [-0.1, -0.05) is 19.7 Å². The Morgan fingerprint density at radius 2 is 1.67 bits per heavy atom. The predicted molar refractivity (Wildman–Crippen MR) is 78.6 cm³/mol. The van der Waals surface area contributed by atoms with Crippen LogP contribution in [0.4, 0.5) is 0 Å². The van der Waals surface area contributed by atoms with Gasteiger partial charge in [0.2, 0.25) is 0 Å². The Hall–Kier alpha value is -1.79. The van der Waals surface area contributed by atoms with E-state index in [4.69, 9.17) is 23.7 Å². The molecule has 0 fully saturated rings. The van der Waals surface area contributed by atoms with Gasteiger partial charge >= 0.3 is 5.97 Å².